The minimum Gasteiger partial charge on any atom is -0.472 e. The van der Waals surface area contributed by atoms with Gasteiger partial charge in [0.1, 0.15) is 6.10 Å². The molecule has 0 amide bonds. The molecule has 0 saturated carbocycles. The fourth-order valence-electron chi connectivity index (χ4n) is 1.68. The molecule has 0 aromatic heterocycles. The van der Waals surface area contributed by atoms with Crippen LogP contribution in [-0.4, -0.2) is 13.1 Å². The van der Waals surface area contributed by atoms with Crippen LogP contribution in [0.3, 0.4) is 0 Å². The molecule has 3 nitrogen and oxygen atoms in total. The van der Waals surface area contributed by atoms with Crippen molar-refractivity contribution in [2.45, 2.75) is 25.9 Å². The topological polar surface area (TPSA) is 47.3 Å². The highest BCUT2D eigenvalue weighted by molar-refractivity contribution is 5.18. The molecule has 17 heavy (non-hydrogen) atoms. The summed E-state index contributed by atoms with van der Waals surface area (Å²) in [4.78, 5) is 0. The Morgan fingerprint density at radius 3 is 2.65 bits per heavy atom. The standard InChI is InChI=1S/C14H22N2O/c1-3-10-16-11-9-14(17-12(2)15)13-7-5-4-6-8-13/h4-8,14,16H,2-3,9-11,15H2,1H3. The van der Waals surface area contributed by atoms with Crippen LogP contribution >= 0.6 is 0 Å². The quantitative estimate of drug-likeness (QED) is 0.537. The lowest BCUT2D eigenvalue weighted by molar-refractivity contribution is 0.108. The fourth-order valence-corrected chi connectivity index (χ4v) is 1.68. The maximum absolute atomic E-state index is 5.56. The Balaban J connectivity index is 2.52. The van der Waals surface area contributed by atoms with E-state index in [1.165, 1.54) is 0 Å². The number of benzene rings is 1. The van der Waals surface area contributed by atoms with E-state index in [9.17, 15) is 0 Å². The second kappa shape index (κ2) is 7.74. The third-order valence-corrected chi connectivity index (χ3v) is 2.48. The van der Waals surface area contributed by atoms with Gasteiger partial charge in [0, 0.05) is 6.42 Å². The molecule has 3 heteroatoms. The van der Waals surface area contributed by atoms with Gasteiger partial charge in [-0.15, -0.1) is 0 Å². The van der Waals surface area contributed by atoms with Crippen LogP contribution in [0.1, 0.15) is 31.4 Å². The van der Waals surface area contributed by atoms with Crippen molar-refractivity contribution in [2.75, 3.05) is 13.1 Å². The van der Waals surface area contributed by atoms with Crippen molar-refractivity contribution in [1.29, 1.82) is 0 Å². The van der Waals surface area contributed by atoms with Crippen LogP contribution in [0.2, 0.25) is 0 Å². The first kappa shape index (κ1) is 13.6. The minimum atomic E-state index is -0.0157. The molecular formula is C14H22N2O. The lowest BCUT2D eigenvalue weighted by Gasteiger charge is -2.19. The summed E-state index contributed by atoms with van der Waals surface area (Å²) in [7, 11) is 0. The predicted octanol–water partition coefficient (Wildman–Crippen LogP) is 2.56. The number of nitrogens with two attached hydrogens (primary N) is 1. The summed E-state index contributed by atoms with van der Waals surface area (Å²) in [5.41, 5.74) is 6.66. The lowest BCUT2D eigenvalue weighted by atomic mass is 10.1. The Morgan fingerprint density at radius 2 is 2.06 bits per heavy atom. The van der Waals surface area contributed by atoms with Crippen molar-refractivity contribution >= 4 is 0 Å². The van der Waals surface area contributed by atoms with Gasteiger partial charge in [-0.3, -0.25) is 0 Å². The summed E-state index contributed by atoms with van der Waals surface area (Å²) in [6.07, 6.45) is 2.01. The molecule has 3 N–H and O–H groups in total. The predicted molar refractivity (Wildman–Crippen MR) is 71.4 cm³/mol. The largest absolute Gasteiger partial charge is 0.472 e. The molecule has 1 rings (SSSR count). The van der Waals surface area contributed by atoms with E-state index in [0.29, 0.717) is 0 Å². The Bertz CT molecular complexity index is 324. The Morgan fingerprint density at radius 1 is 1.35 bits per heavy atom. The van der Waals surface area contributed by atoms with Gasteiger partial charge in [0.15, 0.2) is 5.88 Å². The van der Waals surface area contributed by atoms with E-state index in [0.717, 1.165) is 31.5 Å². The van der Waals surface area contributed by atoms with Gasteiger partial charge in [-0.25, -0.2) is 0 Å². The number of ether oxygens (including phenoxy) is 1. The van der Waals surface area contributed by atoms with Crippen LogP contribution in [0, 0.1) is 0 Å². The maximum Gasteiger partial charge on any atom is 0.177 e. The average molecular weight is 234 g/mol. The first-order chi connectivity index (χ1) is 8.24. The van der Waals surface area contributed by atoms with E-state index >= 15 is 0 Å². The van der Waals surface area contributed by atoms with E-state index in [1.807, 2.05) is 30.3 Å². The molecular weight excluding hydrogens is 212 g/mol. The second-order valence-electron chi connectivity index (χ2n) is 4.02. The Kier molecular flexibility index (Phi) is 6.18. The zero-order chi connectivity index (χ0) is 12.5. The third kappa shape index (κ3) is 5.41. The van der Waals surface area contributed by atoms with Crippen LogP contribution in [0.15, 0.2) is 42.8 Å². The lowest BCUT2D eigenvalue weighted by Crippen LogP contribution is -2.20. The third-order valence-electron chi connectivity index (χ3n) is 2.48. The van der Waals surface area contributed by atoms with Crippen LogP contribution in [-0.2, 0) is 4.74 Å². The number of rotatable bonds is 8. The van der Waals surface area contributed by atoms with Gasteiger partial charge in [0.05, 0.1) is 0 Å². The van der Waals surface area contributed by atoms with E-state index in [2.05, 4.69) is 18.8 Å². The summed E-state index contributed by atoms with van der Waals surface area (Å²) in [6, 6.07) is 10.1. The van der Waals surface area contributed by atoms with Crippen molar-refractivity contribution in [1.82, 2.24) is 5.32 Å². The first-order valence-electron chi connectivity index (χ1n) is 6.10. The van der Waals surface area contributed by atoms with Crippen molar-refractivity contribution in [3.05, 3.63) is 48.4 Å². The van der Waals surface area contributed by atoms with Crippen LogP contribution in [0.4, 0.5) is 0 Å². The molecule has 0 radical (unpaired) electrons. The van der Waals surface area contributed by atoms with Crippen molar-refractivity contribution in [2.24, 2.45) is 5.73 Å². The molecule has 0 heterocycles. The molecule has 1 unspecified atom stereocenters. The van der Waals surface area contributed by atoms with Crippen LogP contribution < -0.4 is 11.1 Å². The summed E-state index contributed by atoms with van der Waals surface area (Å²) < 4.78 is 5.56. The molecule has 1 atom stereocenters. The van der Waals surface area contributed by atoms with Gasteiger partial charge in [-0.2, -0.15) is 0 Å². The molecule has 0 aliphatic heterocycles. The van der Waals surface area contributed by atoms with E-state index in [1.54, 1.807) is 0 Å². The van der Waals surface area contributed by atoms with Crippen LogP contribution in [0.5, 0.6) is 0 Å². The van der Waals surface area contributed by atoms with E-state index in [-0.39, 0.29) is 12.0 Å². The van der Waals surface area contributed by atoms with Crippen molar-refractivity contribution in [3.63, 3.8) is 0 Å². The summed E-state index contributed by atoms with van der Waals surface area (Å²) >= 11 is 0. The number of nitrogens with one attached hydrogen (secondary N) is 1. The average Bonchev–Trinajstić information content (AvgIpc) is 2.34. The fraction of sp³-hybridized carbons (Fsp3) is 0.429. The molecule has 0 saturated heterocycles. The van der Waals surface area contributed by atoms with Gasteiger partial charge >= 0.3 is 0 Å². The Labute approximate surface area is 104 Å². The maximum atomic E-state index is 5.56. The molecule has 0 spiro atoms. The summed E-state index contributed by atoms with van der Waals surface area (Å²) in [5, 5.41) is 3.36. The van der Waals surface area contributed by atoms with Gasteiger partial charge < -0.3 is 15.8 Å². The molecule has 94 valence electrons. The number of hydrogen-bond acceptors (Lipinski definition) is 3. The SMILES string of the molecule is C=C(N)OC(CCNCCC)c1ccccc1. The monoisotopic (exact) mass is 234 g/mol. The molecule has 0 aliphatic rings. The van der Waals surface area contributed by atoms with Gasteiger partial charge in [-0.1, -0.05) is 37.3 Å². The zero-order valence-corrected chi connectivity index (χ0v) is 10.5. The molecule has 1 aromatic carbocycles. The van der Waals surface area contributed by atoms with E-state index < -0.39 is 0 Å². The highest BCUT2D eigenvalue weighted by Crippen LogP contribution is 2.21. The van der Waals surface area contributed by atoms with Crippen LogP contribution in [0.25, 0.3) is 0 Å². The first-order valence-corrected chi connectivity index (χ1v) is 6.10. The van der Waals surface area contributed by atoms with Gasteiger partial charge in [0.2, 0.25) is 0 Å². The molecule has 0 bridgehead atoms. The smallest absolute Gasteiger partial charge is 0.177 e. The van der Waals surface area contributed by atoms with Gasteiger partial charge in [0.25, 0.3) is 0 Å². The highest BCUT2D eigenvalue weighted by Gasteiger charge is 2.12. The Hall–Kier alpha value is -1.48. The summed E-state index contributed by atoms with van der Waals surface area (Å²) in [5.74, 6) is 0.273. The zero-order valence-electron chi connectivity index (χ0n) is 10.5. The van der Waals surface area contributed by atoms with Crippen molar-refractivity contribution in [3.8, 4) is 0 Å². The summed E-state index contributed by atoms with van der Waals surface area (Å²) in [6.45, 7) is 7.70. The second-order valence-corrected chi connectivity index (χ2v) is 4.02. The number of hydrogen-bond donors (Lipinski definition) is 2. The molecule has 1 aromatic rings. The minimum absolute atomic E-state index is 0.0157. The molecule has 0 aliphatic carbocycles. The highest BCUT2D eigenvalue weighted by atomic mass is 16.5. The molecule has 0 fully saturated rings. The van der Waals surface area contributed by atoms with Gasteiger partial charge in [-0.05, 0) is 31.7 Å². The van der Waals surface area contributed by atoms with Crippen molar-refractivity contribution < 1.29 is 4.74 Å². The van der Waals surface area contributed by atoms with E-state index in [4.69, 9.17) is 10.5 Å². The normalized spacial score (nSPS) is 12.1.